The van der Waals surface area contributed by atoms with Crippen molar-refractivity contribution in [1.29, 1.82) is 0 Å². The van der Waals surface area contributed by atoms with Crippen molar-refractivity contribution in [2.45, 2.75) is 38.0 Å². The molecule has 1 aromatic heterocycles. The predicted octanol–water partition coefficient (Wildman–Crippen LogP) is 3.84. The summed E-state index contributed by atoms with van der Waals surface area (Å²) in [7, 11) is 0. The fourth-order valence-corrected chi connectivity index (χ4v) is 3.80. The van der Waals surface area contributed by atoms with Crippen LogP contribution in [0.15, 0.2) is 22.5 Å². The van der Waals surface area contributed by atoms with E-state index in [1.165, 1.54) is 5.56 Å². The minimum Gasteiger partial charge on any atom is -0.326 e. The lowest BCUT2D eigenvalue weighted by atomic mass is 10.1. The molecule has 4 nitrogen and oxygen atoms in total. The average Bonchev–Trinajstić information content (AvgIpc) is 2.86. The molecule has 1 amide bonds. The maximum absolute atomic E-state index is 12.1. The quantitative estimate of drug-likeness (QED) is 0.821. The van der Waals surface area contributed by atoms with Gasteiger partial charge in [-0.15, -0.1) is 10.2 Å². The number of carbonyl (C=O) groups excluding carboxylic acids is 1. The van der Waals surface area contributed by atoms with E-state index in [0.29, 0.717) is 12.2 Å². The van der Waals surface area contributed by atoms with Gasteiger partial charge in [0.1, 0.15) is 5.01 Å². The van der Waals surface area contributed by atoms with Crippen LogP contribution in [-0.2, 0) is 11.2 Å². The van der Waals surface area contributed by atoms with Crippen molar-refractivity contribution in [2.24, 2.45) is 0 Å². The van der Waals surface area contributed by atoms with Gasteiger partial charge in [-0.05, 0) is 31.4 Å². The summed E-state index contributed by atoms with van der Waals surface area (Å²) in [6.45, 7) is 6.05. The van der Waals surface area contributed by atoms with Crippen LogP contribution in [0.3, 0.4) is 0 Å². The molecule has 21 heavy (non-hydrogen) atoms. The predicted molar refractivity (Wildman–Crippen MR) is 89.2 cm³/mol. The number of carbonyl (C=O) groups is 1. The Kier molecular flexibility index (Phi) is 5.76. The maximum Gasteiger partial charge on any atom is 0.225 e. The van der Waals surface area contributed by atoms with E-state index < -0.39 is 0 Å². The summed E-state index contributed by atoms with van der Waals surface area (Å²) in [5, 5.41) is 12.0. The molecule has 0 atom stereocenters. The number of thioether (sulfide) groups is 1. The topological polar surface area (TPSA) is 54.9 Å². The number of aromatic nitrogens is 2. The number of hydrogen-bond donors (Lipinski definition) is 1. The minimum atomic E-state index is 0.0488. The van der Waals surface area contributed by atoms with Crippen LogP contribution < -0.4 is 5.32 Å². The number of nitrogens with one attached hydrogen (secondary N) is 1. The van der Waals surface area contributed by atoms with Crippen molar-refractivity contribution < 1.29 is 4.79 Å². The summed E-state index contributed by atoms with van der Waals surface area (Å²) in [6, 6.07) is 6.10. The normalized spacial score (nSPS) is 10.6. The van der Waals surface area contributed by atoms with Gasteiger partial charge in [0.15, 0.2) is 4.34 Å². The second-order valence-corrected chi connectivity index (χ2v) is 7.22. The fourth-order valence-electron chi connectivity index (χ4n) is 1.97. The van der Waals surface area contributed by atoms with Gasteiger partial charge in [0.05, 0.1) is 0 Å². The first-order valence-corrected chi connectivity index (χ1v) is 8.71. The highest BCUT2D eigenvalue weighted by Crippen LogP contribution is 2.24. The Morgan fingerprint density at radius 3 is 2.81 bits per heavy atom. The van der Waals surface area contributed by atoms with Crippen LogP contribution in [0.5, 0.6) is 0 Å². The van der Waals surface area contributed by atoms with Crippen LogP contribution in [0.25, 0.3) is 0 Å². The van der Waals surface area contributed by atoms with E-state index in [2.05, 4.69) is 28.5 Å². The lowest BCUT2D eigenvalue weighted by molar-refractivity contribution is -0.115. The van der Waals surface area contributed by atoms with Crippen LogP contribution in [0.4, 0.5) is 5.69 Å². The zero-order chi connectivity index (χ0) is 15.2. The Bertz CT molecular complexity index is 625. The van der Waals surface area contributed by atoms with E-state index >= 15 is 0 Å². The molecule has 6 heteroatoms. The van der Waals surface area contributed by atoms with Crippen molar-refractivity contribution in [3.8, 4) is 0 Å². The molecule has 0 saturated carbocycles. The van der Waals surface area contributed by atoms with Gasteiger partial charge in [-0.2, -0.15) is 0 Å². The average molecular weight is 321 g/mol. The molecule has 1 heterocycles. The Morgan fingerprint density at radius 1 is 1.33 bits per heavy atom. The van der Waals surface area contributed by atoms with Crippen LogP contribution in [0.2, 0.25) is 0 Å². The van der Waals surface area contributed by atoms with Gasteiger partial charge in [-0.3, -0.25) is 4.79 Å². The number of nitrogens with zero attached hydrogens (tertiary/aromatic N) is 2. The highest BCUT2D eigenvalue weighted by atomic mass is 32.2. The summed E-state index contributed by atoms with van der Waals surface area (Å²) in [5.41, 5.74) is 3.24. The molecule has 0 fully saturated rings. The van der Waals surface area contributed by atoms with Gasteiger partial charge in [0.25, 0.3) is 0 Å². The molecule has 1 N–H and O–H groups in total. The smallest absolute Gasteiger partial charge is 0.225 e. The van der Waals surface area contributed by atoms with Crippen LogP contribution in [-0.4, -0.2) is 21.9 Å². The number of rotatable bonds is 6. The zero-order valence-electron chi connectivity index (χ0n) is 12.5. The minimum absolute atomic E-state index is 0.0488. The first-order chi connectivity index (χ1) is 10.1. The fraction of sp³-hybridized carbons (Fsp3) is 0.400. The number of amides is 1. The van der Waals surface area contributed by atoms with Crippen molar-refractivity contribution in [2.75, 3.05) is 11.1 Å². The molecule has 0 aliphatic heterocycles. The van der Waals surface area contributed by atoms with Crippen molar-refractivity contribution in [1.82, 2.24) is 10.2 Å². The van der Waals surface area contributed by atoms with E-state index in [9.17, 15) is 4.79 Å². The molecule has 1 aromatic carbocycles. The molecular formula is C15H19N3OS2. The molecule has 0 bridgehead atoms. The molecule has 0 unspecified atom stereocenters. The van der Waals surface area contributed by atoms with Crippen LogP contribution in [0, 0.1) is 13.8 Å². The monoisotopic (exact) mass is 321 g/mol. The van der Waals surface area contributed by atoms with Gasteiger partial charge in [0, 0.05) is 17.9 Å². The van der Waals surface area contributed by atoms with Crippen LogP contribution >= 0.6 is 23.1 Å². The third-order valence-electron chi connectivity index (χ3n) is 3.07. The molecule has 0 aliphatic carbocycles. The van der Waals surface area contributed by atoms with Gasteiger partial charge < -0.3 is 5.32 Å². The Hall–Kier alpha value is -1.40. The van der Waals surface area contributed by atoms with E-state index in [0.717, 1.165) is 27.0 Å². The highest BCUT2D eigenvalue weighted by Gasteiger charge is 2.09. The number of hydrogen-bond acceptors (Lipinski definition) is 5. The summed E-state index contributed by atoms with van der Waals surface area (Å²) >= 11 is 3.14. The second-order valence-electron chi connectivity index (χ2n) is 4.70. The summed E-state index contributed by atoms with van der Waals surface area (Å²) in [5.74, 6) is 0.765. The van der Waals surface area contributed by atoms with Gasteiger partial charge in [-0.1, -0.05) is 48.2 Å². The van der Waals surface area contributed by atoms with Crippen molar-refractivity contribution in [3.05, 3.63) is 34.3 Å². The molecule has 2 rings (SSSR count). The SMILES string of the molecule is CCc1cccc(C)c1NC(=O)CCSc1nnc(C)s1. The lowest BCUT2D eigenvalue weighted by Crippen LogP contribution is -2.14. The second kappa shape index (κ2) is 7.56. The summed E-state index contributed by atoms with van der Waals surface area (Å²) < 4.78 is 0.922. The Morgan fingerprint density at radius 2 is 2.14 bits per heavy atom. The molecule has 0 saturated heterocycles. The third kappa shape index (κ3) is 4.54. The van der Waals surface area contributed by atoms with Gasteiger partial charge in [-0.25, -0.2) is 0 Å². The molecule has 112 valence electrons. The number of aryl methyl sites for hydroxylation is 3. The highest BCUT2D eigenvalue weighted by molar-refractivity contribution is 8.01. The van der Waals surface area contributed by atoms with Gasteiger partial charge in [0.2, 0.25) is 5.91 Å². The maximum atomic E-state index is 12.1. The van der Waals surface area contributed by atoms with E-state index in [4.69, 9.17) is 0 Å². The Balaban J connectivity index is 1.87. The number of benzene rings is 1. The van der Waals surface area contributed by atoms with E-state index in [-0.39, 0.29) is 5.91 Å². The van der Waals surface area contributed by atoms with Crippen LogP contribution in [0.1, 0.15) is 29.5 Å². The third-order valence-corrected chi connectivity index (χ3v) is 5.04. The molecule has 2 aromatic rings. The Labute approximate surface area is 133 Å². The molecular weight excluding hydrogens is 302 g/mol. The molecule has 0 radical (unpaired) electrons. The summed E-state index contributed by atoms with van der Waals surface area (Å²) in [4.78, 5) is 12.1. The van der Waals surface area contributed by atoms with Gasteiger partial charge >= 0.3 is 0 Å². The molecule has 0 spiro atoms. The van der Waals surface area contributed by atoms with Crippen molar-refractivity contribution in [3.63, 3.8) is 0 Å². The van der Waals surface area contributed by atoms with Crippen molar-refractivity contribution >= 4 is 34.7 Å². The largest absolute Gasteiger partial charge is 0.326 e. The lowest BCUT2D eigenvalue weighted by Gasteiger charge is -2.12. The first-order valence-electron chi connectivity index (χ1n) is 6.91. The molecule has 0 aliphatic rings. The standard InChI is InChI=1S/C15H19N3OS2/c1-4-12-7-5-6-10(2)14(12)16-13(19)8-9-20-15-18-17-11(3)21-15/h5-7H,4,8-9H2,1-3H3,(H,16,19). The number of para-hydroxylation sites is 1. The zero-order valence-corrected chi connectivity index (χ0v) is 14.1. The first kappa shape index (κ1) is 16.0. The summed E-state index contributed by atoms with van der Waals surface area (Å²) in [6.07, 6.45) is 1.39. The van der Waals surface area contributed by atoms with E-state index in [1.54, 1.807) is 23.1 Å². The number of anilines is 1. The van der Waals surface area contributed by atoms with E-state index in [1.807, 2.05) is 26.0 Å².